The molecule has 0 saturated heterocycles. The highest BCUT2D eigenvalue weighted by molar-refractivity contribution is 6.31. The first-order chi connectivity index (χ1) is 7.27. The average Bonchev–Trinajstić information content (AvgIpc) is 2.25. The minimum absolute atomic E-state index is 0.119. The van der Waals surface area contributed by atoms with Crippen LogP contribution in [0.4, 0.5) is 0 Å². The van der Waals surface area contributed by atoms with Gasteiger partial charge in [-0.1, -0.05) is 28.6 Å². The van der Waals surface area contributed by atoms with Gasteiger partial charge in [-0.3, -0.25) is 0 Å². The lowest BCUT2D eigenvalue weighted by atomic mass is 10.1. The third-order valence-corrected chi connectivity index (χ3v) is 1.85. The Kier molecular flexibility index (Phi) is 4.06. The zero-order valence-electron chi connectivity index (χ0n) is 7.61. The Morgan fingerprint density at radius 1 is 1.53 bits per heavy atom. The first kappa shape index (κ1) is 10.9. The van der Waals surface area contributed by atoms with E-state index in [0.717, 1.165) is 0 Å². The lowest BCUT2D eigenvalue weighted by Crippen LogP contribution is -1.80. The van der Waals surface area contributed by atoms with E-state index in [2.05, 4.69) is 21.9 Å². The first-order valence-corrected chi connectivity index (χ1v) is 4.35. The van der Waals surface area contributed by atoms with Crippen molar-refractivity contribution in [1.29, 1.82) is 5.26 Å². The van der Waals surface area contributed by atoms with Crippen LogP contribution in [0.2, 0.25) is 5.02 Å². The van der Waals surface area contributed by atoms with Gasteiger partial charge in [0, 0.05) is 10.5 Å². The second-order valence-corrected chi connectivity index (χ2v) is 2.90. The summed E-state index contributed by atoms with van der Waals surface area (Å²) in [6, 6.07) is 6.84. The SMILES string of the molecule is N#Cc1ccc(C#CCN=[N+]=[N-])cc1Cl. The van der Waals surface area contributed by atoms with E-state index in [1.165, 1.54) is 0 Å². The van der Waals surface area contributed by atoms with Crippen molar-refractivity contribution in [2.24, 2.45) is 5.11 Å². The summed E-state index contributed by atoms with van der Waals surface area (Å²) in [4.78, 5) is 2.57. The van der Waals surface area contributed by atoms with Gasteiger partial charge in [0.15, 0.2) is 0 Å². The molecule has 0 N–H and O–H groups in total. The molecule has 4 nitrogen and oxygen atoms in total. The molecule has 0 aromatic heterocycles. The van der Waals surface area contributed by atoms with Crippen LogP contribution in [0.25, 0.3) is 10.4 Å². The number of nitriles is 1. The molecule has 1 aromatic rings. The molecule has 0 aliphatic heterocycles. The highest BCUT2D eigenvalue weighted by Gasteiger charge is 1.98. The maximum Gasteiger partial charge on any atom is 0.101 e. The van der Waals surface area contributed by atoms with Gasteiger partial charge in [-0.2, -0.15) is 5.26 Å². The van der Waals surface area contributed by atoms with Crippen molar-refractivity contribution < 1.29 is 0 Å². The summed E-state index contributed by atoms with van der Waals surface area (Å²) < 4.78 is 0. The molecular formula is C10H5ClN4. The van der Waals surface area contributed by atoms with Crippen LogP contribution in [0.5, 0.6) is 0 Å². The van der Waals surface area contributed by atoms with E-state index < -0.39 is 0 Å². The van der Waals surface area contributed by atoms with Gasteiger partial charge in [0.2, 0.25) is 0 Å². The molecule has 0 spiro atoms. The number of halogens is 1. The summed E-state index contributed by atoms with van der Waals surface area (Å²) in [5.74, 6) is 5.42. The number of azide groups is 1. The highest BCUT2D eigenvalue weighted by Crippen LogP contribution is 2.16. The zero-order chi connectivity index (χ0) is 11.1. The van der Waals surface area contributed by atoms with Gasteiger partial charge in [0.1, 0.15) is 6.07 Å². The number of hydrogen-bond donors (Lipinski definition) is 0. The number of nitrogens with zero attached hydrogens (tertiary/aromatic N) is 4. The van der Waals surface area contributed by atoms with Crippen molar-refractivity contribution in [2.45, 2.75) is 0 Å². The Balaban J connectivity index is 2.88. The summed E-state index contributed by atoms with van der Waals surface area (Å²) in [6.07, 6.45) is 0. The fraction of sp³-hybridized carbons (Fsp3) is 0.100. The van der Waals surface area contributed by atoms with E-state index in [9.17, 15) is 0 Å². The predicted octanol–water partition coefficient (Wildman–Crippen LogP) is 2.87. The Labute approximate surface area is 91.7 Å². The fourth-order valence-corrected chi connectivity index (χ4v) is 1.11. The van der Waals surface area contributed by atoms with Gasteiger partial charge in [0.05, 0.1) is 17.1 Å². The van der Waals surface area contributed by atoms with E-state index in [4.69, 9.17) is 22.4 Å². The van der Waals surface area contributed by atoms with Crippen molar-refractivity contribution in [3.8, 4) is 17.9 Å². The van der Waals surface area contributed by atoms with Crippen LogP contribution in [0.1, 0.15) is 11.1 Å². The monoisotopic (exact) mass is 216 g/mol. The summed E-state index contributed by atoms with van der Waals surface area (Å²) in [5.41, 5.74) is 9.11. The van der Waals surface area contributed by atoms with E-state index >= 15 is 0 Å². The Morgan fingerprint density at radius 3 is 2.93 bits per heavy atom. The average molecular weight is 217 g/mol. The second-order valence-electron chi connectivity index (χ2n) is 2.50. The topological polar surface area (TPSA) is 72.5 Å². The molecule has 0 saturated carbocycles. The van der Waals surface area contributed by atoms with E-state index in [0.29, 0.717) is 16.1 Å². The molecule has 0 amide bonds. The Morgan fingerprint density at radius 2 is 2.33 bits per heavy atom. The molecule has 1 aromatic carbocycles. The molecule has 0 unspecified atom stereocenters. The van der Waals surface area contributed by atoms with E-state index in [1.807, 2.05) is 6.07 Å². The van der Waals surface area contributed by atoms with Gasteiger partial charge in [-0.25, -0.2) is 0 Å². The standard InChI is InChI=1S/C10H5ClN4/c11-10-6-8(2-1-5-14-15-13)3-4-9(10)7-12/h3-4,6H,5H2. The van der Waals surface area contributed by atoms with Crippen LogP contribution < -0.4 is 0 Å². The molecular weight excluding hydrogens is 212 g/mol. The minimum Gasteiger partial charge on any atom is -0.192 e. The van der Waals surface area contributed by atoms with Gasteiger partial charge in [-0.05, 0) is 23.7 Å². The van der Waals surface area contributed by atoms with Gasteiger partial charge < -0.3 is 0 Å². The van der Waals surface area contributed by atoms with Gasteiger partial charge >= 0.3 is 0 Å². The summed E-state index contributed by atoms with van der Waals surface area (Å²) in [5, 5.41) is 12.3. The fourth-order valence-electron chi connectivity index (χ4n) is 0.892. The molecule has 0 heterocycles. The van der Waals surface area contributed by atoms with Crippen molar-refractivity contribution in [3.05, 3.63) is 44.8 Å². The van der Waals surface area contributed by atoms with E-state index in [1.54, 1.807) is 18.2 Å². The third-order valence-electron chi connectivity index (χ3n) is 1.54. The van der Waals surface area contributed by atoms with Crippen molar-refractivity contribution >= 4 is 11.6 Å². The summed E-state index contributed by atoms with van der Waals surface area (Å²) in [6.45, 7) is 0.119. The Hall–Kier alpha value is -2.13. The molecule has 5 heteroatoms. The molecule has 0 aliphatic rings. The molecule has 0 bridgehead atoms. The molecule has 0 radical (unpaired) electrons. The van der Waals surface area contributed by atoms with Crippen LogP contribution in [-0.2, 0) is 0 Å². The lowest BCUT2D eigenvalue weighted by molar-refractivity contribution is 1.25. The molecule has 15 heavy (non-hydrogen) atoms. The minimum atomic E-state index is 0.119. The summed E-state index contributed by atoms with van der Waals surface area (Å²) in [7, 11) is 0. The molecule has 1 rings (SSSR count). The van der Waals surface area contributed by atoms with Gasteiger partial charge in [-0.15, -0.1) is 0 Å². The largest absolute Gasteiger partial charge is 0.192 e. The smallest absolute Gasteiger partial charge is 0.101 e. The van der Waals surface area contributed by atoms with Crippen LogP contribution in [0.15, 0.2) is 23.3 Å². The maximum absolute atomic E-state index is 8.63. The normalized spacial score (nSPS) is 8.00. The molecule has 0 aliphatic carbocycles. The molecule has 0 fully saturated rings. The lowest BCUT2D eigenvalue weighted by Gasteiger charge is -1.94. The Bertz CT molecular complexity index is 512. The number of hydrogen-bond acceptors (Lipinski definition) is 2. The quantitative estimate of drug-likeness (QED) is 0.308. The van der Waals surface area contributed by atoms with Crippen LogP contribution in [0.3, 0.4) is 0 Å². The maximum atomic E-state index is 8.63. The van der Waals surface area contributed by atoms with Crippen LogP contribution >= 0.6 is 11.6 Å². The molecule has 72 valence electrons. The summed E-state index contributed by atoms with van der Waals surface area (Å²) >= 11 is 5.80. The second kappa shape index (κ2) is 5.57. The third kappa shape index (κ3) is 3.25. The van der Waals surface area contributed by atoms with Crippen molar-refractivity contribution in [3.63, 3.8) is 0 Å². The highest BCUT2D eigenvalue weighted by atomic mass is 35.5. The van der Waals surface area contributed by atoms with Crippen LogP contribution in [-0.4, -0.2) is 6.54 Å². The zero-order valence-corrected chi connectivity index (χ0v) is 8.36. The van der Waals surface area contributed by atoms with Crippen molar-refractivity contribution in [2.75, 3.05) is 6.54 Å². The number of benzene rings is 1. The van der Waals surface area contributed by atoms with Crippen molar-refractivity contribution in [1.82, 2.24) is 0 Å². The number of rotatable bonds is 1. The predicted molar refractivity (Wildman–Crippen MR) is 57.1 cm³/mol. The van der Waals surface area contributed by atoms with Gasteiger partial charge in [0.25, 0.3) is 0 Å². The molecule has 0 atom stereocenters. The van der Waals surface area contributed by atoms with E-state index in [-0.39, 0.29) is 6.54 Å². The first-order valence-electron chi connectivity index (χ1n) is 3.97. The van der Waals surface area contributed by atoms with Crippen LogP contribution in [0, 0.1) is 23.2 Å².